The van der Waals surface area contributed by atoms with E-state index in [2.05, 4.69) is 10.1 Å². The Labute approximate surface area is 161 Å². The van der Waals surface area contributed by atoms with E-state index < -0.39 is 12.7 Å². The van der Waals surface area contributed by atoms with Crippen LogP contribution in [0.3, 0.4) is 0 Å². The lowest BCUT2D eigenvalue weighted by molar-refractivity contribution is -0.116. The van der Waals surface area contributed by atoms with Crippen LogP contribution in [0.15, 0.2) is 77.2 Å². The topological polar surface area (TPSA) is 51.5 Å². The summed E-state index contributed by atoms with van der Waals surface area (Å²) in [5, 5.41) is 2.93. The van der Waals surface area contributed by atoms with E-state index in [1.54, 1.807) is 24.3 Å². The number of furan rings is 1. The Morgan fingerprint density at radius 3 is 2.29 bits per heavy atom. The van der Waals surface area contributed by atoms with Gasteiger partial charge >= 0.3 is 6.61 Å². The number of amides is 1. The zero-order valence-corrected chi connectivity index (χ0v) is 15.1. The molecule has 1 atom stereocenters. The van der Waals surface area contributed by atoms with E-state index in [1.165, 1.54) is 18.2 Å². The minimum Gasteiger partial charge on any atom is -0.462 e. The van der Waals surface area contributed by atoms with E-state index in [0.717, 1.165) is 16.9 Å². The number of alkyl halides is 2. The number of benzene rings is 2. The molecule has 0 bridgehead atoms. The maximum absolute atomic E-state index is 12.4. The summed E-state index contributed by atoms with van der Waals surface area (Å²) in [7, 11) is 0. The van der Waals surface area contributed by atoms with Crippen LogP contribution in [-0.2, 0) is 4.79 Å². The van der Waals surface area contributed by atoms with Crippen LogP contribution < -0.4 is 10.1 Å². The normalized spacial score (nSPS) is 12.3. The molecule has 3 rings (SSSR count). The molecule has 0 aliphatic rings. The van der Waals surface area contributed by atoms with Gasteiger partial charge in [-0.2, -0.15) is 8.78 Å². The molecule has 0 aliphatic heterocycles. The molecule has 0 unspecified atom stereocenters. The number of rotatable bonds is 7. The number of hydrogen-bond acceptors (Lipinski definition) is 3. The second kappa shape index (κ2) is 8.99. The first kappa shape index (κ1) is 19.4. The third-order valence-corrected chi connectivity index (χ3v) is 4.02. The average molecular weight is 383 g/mol. The van der Waals surface area contributed by atoms with Gasteiger partial charge < -0.3 is 14.5 Å². The van der Waals surface area contributed by atoms with Gasteiger partial charge in [0.2, 0.25) is 5.91 Å². The van der Waals surface area contributed by atoms with Crippen LogP contribution in [0.5, 0.6) is 5.75 Å². The molecule has 6 heteroatoms. The highest BCUT2D eigenvalue weighted by Gasteiger charge is 2.16. The van der Waals surface area contributed by atoms with Gasteiger partial charge in [0.25, 0.3) is 0 Å². The molecule has 4 nitrogen and oxygen atoms in total. The van der Waals surface area contributed by atoms with E-state index in [-0.39, 0.29) is 11.7 Å². The van der Waals surface area contributed by atoms with Crippen LogP contribution in [0.4, 0.5) is 8.78 Å². The summed E-state index contributed by atoms with van der Waals surface area (Å²) in [4.78, 5) is 12.4. The predicted molar refractivity (Wildman–Crippen MR) is 102 cm³/mol. The van der Waals surface area contributed by atoms with Crippen LogP contribution in [0.1, 0.15) is 28.7 Å². The number of nitrogens with one attached hydrogen (secondary N) is 1. The standard InChI is InChI=1S/C22H19F2NO3/c1-15-7-10-18(27-15)13-14-20(26)25-21(16-5-3-2-4-6-16)17-8-11-19(12-9-17)28-22(23)24/h2-14,21-22H,1H3,(H,25,26)/b14-13+/t21-/m1/s1. The fourth-order valence-corrected chi connectivity index (χ4v) is 2.74. The lowest BCUT2D eigenvalue weighted by atomic mass is 9.98. The number of halogens is 2. The van der Waals surface area contributed by atoms with Crippen molar-refractivity contribution in [3.63, 3.8) is 0 Å². The predicted octanol–water partition coefficient (Wildman–Crippen LogP) is 5.11. The highest BCUT2D eigenvalue weighted by atomic mass is 19.3. The van der Waals surface area contributed by atoms with Crippen LogP contribution >= 0.6 is 0 Å². The Hall–Kier alpha value is -3.41. The third kappa shape index (κ3) is 5.30. The van der Waals surface area contributed by atoms with Crippen molar-refractivity contribution in [3.8, 4) is 5.75 Å². The van der Waals surface area contributed by atoms with Crippen molar-refractivity contribution in [2.24, 2.45) is 0 Å². The molecule has 0 radical (unpaired) electrons. The van der Waals surface area contributed by atoms with Crippen molar-refractivity contribution in [1.82, 2.24) is 5.32 Å². The van der Waals surface area contributed by atoms with Gasteiger partial charge in [-0.05, 0) is 48.4 Å². The molecule has 0 spiro atoms. The smallest absolute Gasteiger partial charge is 0.387 e. The van der Waals surface area contributed by atoms with Gasteiger partial charge in [0.05, 0.1) is 6.04 Å². The maximum atomic E-state index is 12.4. The second-order valence-corrected chi connectivity index (χ2v) is 6.08. The zero-order valence-electron chi connectivity index (χ0n) is 15.1. The Bertz CT molecular complexity index is 934. The third-order valence-electron chi connectivity index (χ3n) is 4.02. The number of carbonyl (C=O) groups is 1. The van der Waals surface area contributed by atoms with Crippen molar-refractivity contribution in [2.75, 3.05) is 0 Å². The van der Waals surface area contributed by atoms with E-state index in [0.29, 0.717) is 5.76 Å². The molecule has 2 aromatic carbocycles. The minimum atomic E-state index is -2.88. The summed E-state index contributed by atoms with van der Waals surface area (Å²) in [5.41, 5.74) is 1.60. The molecule has 144 valence electrons. The molecule has 0 saturated carbocycles. The summed E-state index contributed by atoms with van der Waals surface area (Å²) in [6.45, 7) is -1.06. The van der Waals surface area contributed by atoms with Crippen LogP contribution in [0.25, 0.3) is 6.08 Å². The van der Waals surface area contributed by atoms with E-state index in [1.807, 2.05) is 43.3 Å². The molecule has 1 aromatic heterocycles. The number of ether oxygens (including phenoxy) is 1. The van der Waals surface area contributed by atoms with Gasteiger partial charge in [-0.15, -0.1) is 0 Å². The fraction of sp³-hybridized carbons (Fsp3) is 0.136. The average Bonchev–Trinajstić information content (AvgIpc) is 3.11. The monoisotopic (exact) mass is 383 g/mol. The summed E-state index contributed by atoms with van der Waals surface area (Å²) in [5.74, 6) is 1.09. The highest BCUT2D eigenvalue weighted by molar-refractivity contribution is 5.91. The van der Waals surface area contributed by atoms with E-state index >= 15 is 0 Å². The van der Waals surface area contributed by atoms with Crippen molar-refractivity contribution in [1.29, 1.82) is 0 Å². The Morgan fingerprint density at radius 2 is 1.68 bits per heavy atom. The molecular formula is C22H19F2NO3. The molecule has 1 heterocycles. The van der Waals surface area contributed by atoms with Gasteiger partial charge in [-0.3, -0.25) is 4.79 Å². The SMILES string of the molecule is Cc1ccc(/C=C/C(=O)N[C@H](c2ccccc2)c2ccc(OC(F)F)cc2)o1. The van der Waals surface area contributed by atoms with Gasteiger partial charge in [-0.1, -0.05) is 42.5 Å². The molecule has 0 saturated heterocycles. The quantitative estimate of drug-likeness (QED) is 0.577. The summed E-state index contributed by atoms with van der Waals surface area (Å²) in [6, 6.07) is 18.7. The lowest BCUT2D eigenvalue weighted by Crippen LogP contribution is -2.27. The van der Waals surface area contributed by atoms with Gasteiger partial charge in [0.15, 0.2) is 0 Å². The molecule has 1 amide bonds. The van der Waals surface area contributed by atoms with E-state index in [9.17, 15) is 13.6 Å². The second-order valence-electron chi connectivity index (χ2n) is 6.08. The molecule has 1 N–H and O–H groups in total. The van der Waals surface area contributed by atoms with Crippen molar-refractivity contribution in [2.45, 2.75) is 19.6 Å². The number of hydrogen-bond donors (Lipinski definition) is 1. The van der Waals surface area contributed by atoms with Gasteiger partial charge in [0, 0.05) is 6.08 Å². The van der Waals surface area contributed by atoms with Crippen molar-refractivity contribution < 1.29 is 22.7 Å². The van der Waals surface area contributed by atoms with Crippen molar-refractivity contribution in [3.05, 3.63) is 95.5 Å². The minimum absolute atomic E-state index is 0.0602. The largest absolute Gasteiger partial charge is 0.462 e. The molecule has 28 heavy (non-hydrogen) atoms. The summed E-state index contributed by atoms with van der Waals surface area (Å²) >= 11 is 0. The Morgan fingerprint density at radius 1 is 1.00 bits per heavy atom. The first-order chi connectivity index (χ1) is 13.5. The van der Waals surface area contributed by atoms with E-state index in [4.69, 9.17) is 4.42 Å². The zero-order chi connectivity index (χ0) is 19.9. The van der Waals surface area contributed by atoms with Crippen LogP contribution in [0, 0.1) is 6.92 Å². The number of aryl methyl sites for hydroxylation is 1. The molecular weight excluding hydrogens is 364 g/mol. The Kier molecular flexibility index (Phi) is 6.22. The first-order valence-corrected chi connectivity index (χ1v) is 8.66. The lowest BCUT2D eigenvalue weighted by Gasteiger charge is -2.19. The van der Waals surface area contributed by atoms with Gasteiger partial charge in [-0.25, -0.2) is 0 Å². The maximum Gasteiger partial charge on any atom is 0.387 e. The summed E-state index contributed by atoms with van der Waals surface area (Å²) < 4.78 is 34.5. The molecule has 0 fully saturated rings. The molecule has 3 aromatic rings. The summed E-state index contributed by atoms with van der Waals surface area (Å²) in [6.07, 6.45) is 2.98. The highest BCUT2D eigenvalue weighted by Crippen LogP contribution is 2.25. The fourth-order valence-electron chi connectivity index (χ4n) is 2.74. The van der Waals surface area contributed by atoms with Crippen LogP contribution in [-0.4, -0.2) is 12.5 Å². The van der Waals surface area contributed by atoms with Crippen molar-refractivity contribution >= 4 is 12.0 Å². The van der Waals surface area contributed by atoms with Crippen LogP contribution in [0.2, 0.25) is 0 Å². The van der Waals surface area contributed by atoms with Gasteiger partial charge in [0.1, 0.15) is 17.3 Å². The first-order valence-electron chi connectivity index (χ1n) is 8.66. The molecule has 0 aliphatic carbocycles. The number of carbonyl (C=O) groups excluding carboxylic acids is 1. The Balaban J connectivity index is 1.79.